The van der Waals surface area contributed by atoms with Gasteiger partial charge in [0.1, 0.15) is 0 Å². The van der Waals surface area contributed by atoms with Gasteiger partial charge in [-0.05, 0) is 54.8 Å². The summed E-state index contributed by atoms with van der Waals surface area (Å²) < 4.78 is 0. The van der Waals surface area contributed by atoms with Gasteiger partial charge in [-0.15, -0.1) is 0 Å². The lowest BCUT2D eigenvalue weighted by atomic mass is 9.92. The largest absolute Gasteiger partial charge is 0.339 e. The van der Waals surface area contributed by atoms with E-state index in [1.165, 1.54) is 5.56 Å². The molecule has 0 N–H and O–H groups in total. The number of benzene rings is 2. The van der Waals surface area contributed by atoms with E-state index in [0.717, 1.165) is 54.3 Å². The van der Waals surface area contributed by atoms with E-state index in [-0.39, 0.29) is 5.91 Å². The summed E-state index contributed by atoms with van der Waals surface area (Å²) in [6.45, 7) is 1.56. The zero-order valence-electron chi connectivity index (χ0n) is 15.7. The molecule has 1 aliphatic rings. The molecule has 0 unspecified atom stereocenters. The number of hydrogen-bond donors (Lipinski definition) is 0. The van der Waals surface area contributed by atoms with Crippen LogP contribution in [0.5, 0.6) is 0 Å². The highest BCUT2D eigenvalue weighted by molar-refractivity contribution is 6.30. The first-order valence-corrected chi connectivity index (χ1v) is 10.1. The van der Waals surface area contributed by atoms with Gasteiger partial charge in [-0.3, -0.25) is 9.78 Å². The van der Waals surface area contributed by atoms with Crippen LogP contribution >= 0.6 is 11.6 Å². The first-order chi connectivity index (χ1) is 13.7. The molecule has 0 saturated carbocycles. The maximum atomic E-state index is 12.6. The van der Waals surface area contributed by atoms with E-state index in [9.17, 15) is 4.79 Å². The molecule has 4 rings (SSSR count). The quantitative estimate of drug-likeness (QED) is 0.602. The molecule has 1 aliphatic heterocycles. The Balaban J connectivity index is 1.39. The highest BCUT2D eigenvalue weighted by Gasteiger charge is 2.25. The molecule has 0 atom stereocenters. The van der Waals surface area contributed by atoms with E-state index in [1.807, 2.05) is 59.5 Å². The zero-order chi connectivity index (χ0) is 19.3. The summed E-state index contributed by atoms with van der Waals surface area (Å²) in [5.74, 6) is 0.536. The standard InChI is InChI=1S/C24H23ClN2O/c25-21-11-9-18(10-12-21)17-22-7-4-8-23(26-22)19-13-15-27(16-14-19)24(28)20-5-2-1-3-6-20/h1-12,19H,13-17H2. The number of hydrogen-bond acceptors (Lipinski definition) is 2. The van der Waals surface area contributed by atoms with Gasteiger partial charge < -0.3 is 4.90 Å². The summed E-state index contributed by atoms with van der Waals surface area (Å²) in [7, 11) is 0. The van der Waals surface area contributed by atoms with Crippen LogP contribution in [-0.4, -0.2) is 28.9 Å². The summed E-state index contributed by atoms with van der Waals surface area (Å²) in [5.41, 5.74) is 4.18. The summed E-state index contributed by atoms with van der Waals surface area (Å²) in [5, 5.41) is 0.752. The fourth-order valence-corrected chi connectivity index (χ4v) is 3.90. The van der Waals surface area contributed by atoms with Gasteiger partial charge in [0.05, 0.1) is 0 Å². The van der Waals surface area contributed by atoms with Gasteiger partial charge >= 0.3 is 0 Å². The average Bonchev–Trinajstić information content (AvgIpc) is 2.76. The molecular weight excluding hydrogens is 368 g/mol. The number of nitrogens with zero attached hydrogens (tertiary/aromatic N) is 2. The molecule has 1 aromatic heterocycles. The molecule has 0 radical (unpaired) electrons. The fourth-order valence-electron chi connectivity index (χ4n) is 3.78. The first-order valence-electron chi connectivity index (χ1n) is 9.73. The smallest absolute Gasteiger partial charge is 0.253 e. The number of amides is 1. The molecule has 1 fully saturated rings. The molecule has 142 valence electrons. The van der Waals surface area contributed by atoms with Crippen LogP contribution in [0.3, 0.4) is 0 Å². The second-order valence-corrected chi connectivity index (χ2v) is 7.73. The van der Waals surface area contributed by atoms with Crippen LogP contribution in [-0.2, 0) is 6.42 Å². The number of aromatic nitrogens is 1. The third-order valence-corrected chi connectivity index (χ3v) is 5.60. The van der Waals surface area contributed by atoms with Gasteiger partial charge in [0, 0.05) is 47.4 Å². The van der Waals surface area contributed by atoms with Crippen molar-refractivity contribution < 1.29 is 4.79 Å². The minimum absolute atomic E-state index is 0.128. The molecule has 0 bridgehead atoms. The van der Waals surface area contributed by atoms with E-state index in [4.69, 9.17) is 16.6 Å². The second-order valence-electron chi connectivity index (χ2n) is 7.29. The highest BCUT2D eigenvalue weighted by Crippen LogP contribution is 2.28. The monoisotopic (exact) mass is 390 g/mol. The first kappa shape index (κ1) is 18.7. The maximum absolute atomic E-state index is 12.6. The number of halogens is 1. The fraction of sp³-hybridized carbons (Fsp3) is 0.250. The maximum Gasteiger partial charge on any atom is 0.253 e. The molecule has 1 saturated heterocycles. The van der Waals surface area contributed by atoms with E-state index in [0.29, 0.717) is 5.92 Å². The molecule has 3 nitrogen and oxygen atoms in total. The number of piperidine rings is 1. The summed E-state index contributed by atoms with van der Waals surface area (Å²) in [4.78, 5) is 19.5. The molecule has 2 heterocycles. The van der Waals surface area contributed by atoms with Crippen molar-refractivity contribution in [1.82, 2.24) is 9.88 Å². The van der Waals surface area contributed by atoms with Crippen molar-refractivity contribution in [3.8, 4) is 0 Å². The lowest BCUT2D eigenvalue weighted by Crippen LogP contribution is -2.38. The van der Waals surface area contributed by atoms with Crippen LogP contribution in [0, 0.1) is 0 Å². The lowest BCUT2D eigenvalue weighted by molar-refractivity contribution is 0.0712. The summed E-state index contributed by atoms with van der Waals surface area (Å²) in [6, 6.07) is 23.7. The third-order valence-electron chi connectivity index (χ3n) is 5.35. The molecule has 0 aliphatic carbocycles. The van der Waals surface area contributed by atoms with Crippen molar-refractivity contribution in [2.45, 2.75) is 25.2 Å². The number of carbonyl (C=O) groups excluding carboxylic acids is 1. The minimum atomic E-state index is 0.128. The van der Waals surface area contributed by atoms with Crippen molar-refractivity contribution >= 4 is 17.5 Å². The van der Waals surface area contributed by atoms with Crippen LogP contribution in [0.1, 0.15) is 46.1 Å². The Morgan fingerprint density at radius 3 is 2.36 bits per heavy atom. The van der Waals surface area contributed by atoms with E-state index in [2.05, 4.69) is 18.2 Å². The average molecular weight is 391 g/mol. The van der Waals surface area contributed by atoms with Crippen molar-refractivity contribution in [3.05, 3.63) is 100 Å². The number of rotatable bonds is 4. The SMILES string of the molecule is O=C(c1ccccc1)N1CCC(c2cccc(Cc3ccc(Cl)cc3)n2)CC1. The van der Waals surface area contributed by atoms with Crippen LogP contribution in [0.15, 0.2) is 72.8 Å². The topological polar surface area (TPSA) is 33.2 Å². The Hall–Kier alpha value is -2.65. The van der Waals surface area contributed by atoms with Gasteiger partial charge in [0.25, 0.3) is 5.91 Å². The van der Waals surface area contributed by atoms with Crippen molar-refractivity contribution in [2.24, 2.45) is 0 Å². The number of carbonyl (C=O) groups is 1. The Labute approximate surface area is 171 Å². The van der Waals surface area contributed by atoms with Crippen LogP contribution in [0.4, 0.5) is 0 Å². The second kappa shape index (κ2) is 8.57. The molecule has 0 spiro atoms. The number of likely N-dealkylation sites (tertiary alicyclic amines) is 1. The molecule has 3 aromatic rings. The normalized spacial score (nSPS) is 14.8. The van der Waals surface area contributed by atoms with Gasteiger partial charge in [0.2, 0.25) is 0 Å². The van der Waals surface area contributed by atoms with Crippen LogP contribution < -0.4 is 0 Å². The zero-order valence-corrected chi connectivity index (χ0v) is 16.5. The van der Waals surface area contributed by atoms with Gasteiger partial charge in [-0.2, -0.15) is 0 Å². The Kier molecular flexibility index (Phi) is 5.73. The van der Waals surface area contributed by atoms with Gasteiger partial charge in [-0.25, -0.2) is 0 Å². The Bertz CT molecular complexity index is 932. The predicted molar refractivity (Wildman–Crippen MR) is 113 cm³/mol. The minimum Gasteiger partial charge on any atom is -0.339 e. The molecule has 2 aromatic carbocycles. The van der Waals surface area contributed by atoms with Gasteiger partial charge in [-0.1, -0.05) is 48.0 Å². The molecule has 28 heavy (non-hydrogen) atoms. The van der Waals surface area contributed by atoms with E-state index < -0.39 is 0 Å². The van der Waals surface area contributed by atoms with E-state index >= 15 is 0 Å². The predicted octanol–water partition coefficient (Wildman–Crippen LogP) is 5.35. The molecular formula is C24H23ClN2O. The molecule has 1 amide bonds. The van der Waals surface area contributed by atoms with Gasteiger partial charge in [0.15, 0.2) is 0 Å². The number of pyridine rings is 1. The van der Waals surface area contributed by atoms with Crippen molar-refractivity contribution in [1.29, 1.82) is 0 Å². The third kappa shape index (κ3) is 4.42. The highest BCUT2D eigenvalue weighted by atomic mass is 35.5. The lowest BCUT2D eigenvalue weighted by Gasteiger charge is -2.32. The van der Waals surface area contributed by atoms with Crippen LogP contribution in [0.2, 0.25) is 5.02 Å². The van der Waals surface area contributed by atoms with E-state index in [1.54, 1.807) is 0 Å². The summed E-state index contributed by atoms with van der Waals surface area (Å²) >= 11 is 5.97. The van der Waals surface area contributed by atoms with Crippen LogP contribution in [0.25, 0.3) is 0 Å². The summed E-state index contributed by atoms with van der Waals surface area (Å²) in [6.07, 6.45) is 2.71. The molecule has 4 heteroatoms. The van der Waals surface area contributed by atoms with Crippen molar-refractivity contribution in [2.75, 3.05) is 13.1 Å². The Morgan fingerprint density at radius 2 is 1.64 bits per heavy atom. The Morgan fingerprint density at radius 1 is 0.929 bits per heavy atom. The van der Waals surface area contributed by atoms with Crippen molar-refractivity contribution in [3.63, 3.8) is 0 Å².